The van der Waals surface area contributed by atoms with Crippen LogP contribution in [0.1, 0.15) is 50.0 Å². The quantitative estimate of drug-likeness (QED) is 0.704. The highest BCUT2D eigenvalue weighted by Crippen LogP contribution is 2.38. The molecule has 3 rings (SSSR count). The number of benzene rings is 1. The third kappa shape index (κ3) is 5.86. The molecule has 2 N–H and O–H groups in total. The molecule has 1 aromatic rings. The van der Waals surface area contributed by atoms with Gasteiger partial charge in [-0.3, -0.25) is 0 Å². The number of aromatic hydroxyl groups is 1. The molecule has 2 atom stereocenters. The van der Waals surface area contributed by atoms with Gasteiger partial charge in [-0.05, 0) is 56.1 Å². The highest BCUT2D eigenvalue weighted by molar-refractivity contribution is 7.88. The standard InChI is InChI=1S/C21H32N2O6S/c1-28-21(25)23-13-5-7-18(22-30(2,26)27)19(23)14-29-16-11-9-15(10-12-16)17-6-3-4-8-20(17)24/h3-4,6,8,15-16,18-19,22,24H,5,7,9-14H2,1-2H3/t15?,16?,18-,19-/m0/s1. The van der Waals surface area contributed by atoms with Gasteiger partial charge in [0.2, 0.25) is 10.0 Å². The smallest absolute Gasteiger partial charge is 0.409 e. The minimum Gasteiger partial charge on any atom is -0.508 e. The fourth-order valence-corrected chi connectivity index (χ4v) is 5.45. The van der Waals surface area contributed by atoms with Gasteiger partial charge < -0.3 is 19.5 Å². The van der Waals surface area contributed by atoms with Crippen molar-refractivity contribution >= 4 is 16.1 Å². The Kier molecular flexibility index (Phi) is 7.60. The summed E-state index contributed by atoms with van der Waals surface area (Å²) in [6.07, 6.45) is 5.60. The fraction of sp³-hybridized carbons (Fsp3) is 0.667. The number of phenols is 1. The zero-order valence-corrected chi connectivity index (χ0v) is 18.4. The molecule has 1 aliphatic carbocycles. The van der Waals surface area contributed by atoms with Crippen LogP contribution >= 0.6 is 0 Å². The minimum absolute atomic E-state index is 0.0485. The van der Waals surface area contributed by atoms with E-state index in [2.05, 4.69) is 4.72 Å². The summed E-state index contributed by atoms with van der Waals surface area (Å²) in [4.78, 5) is 13.8. The number of hydrogen-bond donors (Lipinski definition) is 2. The lowest BCUT2D eigenvalue weighted by molar-refractivity contribution is -0.0245. The first-order valence-corrected chi connectivity index (χ1v) is 12.4. The Morgan fingerprint density at radius 1 is 1.20 bits per heavy atom. The van der Waals surface area contributed by atoms with Gasteiger partial charge in [0.1, 0.15) is 5.75 Å². The molecule has 1 saturated carbocycles. The van der Waals surface area contributed by atoms with E-state index in [1.54, 1.807) is 11.0 Å². The molecule has 1 heterocycles. The first-order chi connectivity index (χ1) is 14.3. The molecule has 0 aromatic heterocycles. The van der Waals surface area contributed by atoms with Crippen molar-refractivity contribution in [1.82, 2.24) is 9.62 Å². The van der Waals surface area contributed by atoms with Gasteiger partial charge in [-0.2, -0.15) is 0 Å². The number of likely N-dealkylation sites (tertiary alicyclic amines) is 1. The number of ether oxygens (including phenoxy) is 2. The number of methoxy groups -OCH3 is 1. The Labute approximate surface area is 178 Å². The van der Waals surface area contributed by atoms with E-state index in [1.165, 1.54) is 7.11 Å². The van der Waals surface area contributed by atoms with Crippen molar-refractivity contribution in [2.45, 2.75) is 62.6 Å². The lowest BCUT2D eigenvalue weighted by Crippen LogP contribution is -2.59. The largest absolute Gasteiger partial charge is 0.508 e. The first kappa shape index (κ1) is 22.8. The summed E-state index contributed by atoms with van der Waals surface area (Å²) >= 11 is 0. The summed E-state index contributed by atoms with van der Waals surface area (Å²) < 4.78 is 37.3. The Balaban J connectivity index is 1.60. The molecule has 1 aromatic carbocycles. The number of nitrogens with one attached hydrogen (secondary N) is 1. The number of carbonyl (C=O) groups is 1. The first-order valence-electron chi connectivity index (χ1n) is 10.5. The van der Waals surface area contributed by atoms with Crippen molar-refractivity contribution in [1.29, 1.82) is 0 Å². The van der Waals surface area contributed by atoms with Crippen LogP contribution in [-0.4, -0.2) is 69.2 Å². The summed E-state index contributed by atoms with van der Waals surface area (Å²) in [5, 5.41) is 10.1. The number of para-hydroxylation sites is 1. The van der Waals surface area contributed by atoms with E-state index in [0.29, 0.717) is 31.1 Å². The second-order valence-electron chi connectivity index (χ2n) is 8.24. The average Bonchev–Trinajstić information content (AvgIpc) is 2.72. The van der Waals surface area contributed by atoms with Crippen molar-refractivity contribution < 1.29 is 27.8 Å². The molecule has 8 nitrogen and oxygen atoms in total. The van der Waals surface area contributed by atoms with Gasteiger partial charge in [-0.15, -0.1) is 0 Å². The number of rotatable bonds is 6. The summed E-state index contributed by atoms with van der Waals surface area (Å²) in [6, 6.07) is 6.65. The molecular weight excluding hydrogens is 408 g/mol. The normalized spacial score (nSPS) is 27.6. The summed E-state index contributed by atoms with van der Waals surface area (Å²) in [6.45, 7) is 0.775. The van der Waals surface area contributed by atoms with E-state index in [1.807, 2.05) is 18.2 Å². The summed E-state index contributed by atoms with van der Waals surface area (Å²) in [5.41, 5.74) is 0.984. The van der Waals surface area contributed by atoms with Crippen LogP contribution in [0.4, 0.5) is 4.79 Å². The van der Waals surface area contributed by atoms with Gasteiger partial charge in [0.15, 0.2) is 0 Å². The van der Waals surface area contributed by atoms with Crippen molar-refractivity contribution in [3.8, 4) is 5.75 Å². The van der Waals surface area contributed by atoms with E-state index in [-0.39, 0.29) is 12.7 Å². The molecule has 0 bridgehead atoms. The monoisotopic (exact) mass is 440 g/mol. The van der Waals surface area contributed by atoms with Crippen LogP contribution in [0.2, 0.25) is 0 Å². The van der Waals surface area contributed by atoms with Gasteiger partial charge in [0, 0.05) is 12.6 Å². The molecule has 9 heteroatoms. The molecular formula is C21H32N2O6S. The third-order valence-electron chi connectivity index (χ3n) is 6.11. The minimum atomic E-state index is -3.41. The molecule has 1 amide bonds. The van der Waals surface area contributed by atoms with E-state index < -0.39 is 28.2 Å². The number of carbonyl (C=O) groups excluding carboxylic acids is 1. The van der Waals surface area contributed by atoms with E-state index in [9.17, 15) is 18.3 Å². The van der Waals surface area contributed by atoms with Crippen LogP contribution in [0.15, 0.2) is 24.3 Å². The maximum atomic E-state index is 12.2. The van der Waals surface area contributed by atoms with Gasteiger partial charge in [0.25, 0.3) is 0 Å². The Hall–Kier alpha value is -1.84. The molecule has 0 spiro atoms. The average molecular weight is 441 g/mol. The third-order valence-corrected chi connectivity index (χ3v) is 6.84. The molecule has 168 valence electrons. The van der Waals surface area contributed by atoms with Crippen LogP contribution in [0.25, 0.3) is 0 Å². The van der Waals surface area contributed by atoms with Crippen LogP contribution in [0, 0.1) is 0 Å². The number of nitrogens with zero attached hydrogens (tertiary/aromatic N) is 1. The van der Waals surface area contributed by atoms with Gasteiger partial charge in [-0.25, -0.2) is 17.9 Å². The number of sulfonamides is 1. The zero-order chi connectivity index (χ0) is 21.7. The highest BCUT2D eigenvalue weighted by Gasteiger charge is 2.37. The maximum Gasteiger partial charge on any atom is 0.409 e. The molecule has 0 radical (unpaired) electrons. The van der Waals surface area contributed by atoms with Crippen LogP contribution < -0.4 is 4.72 Å². The second-order valence-corrected chi connectivity index (χ2v) is 10.0. The summed E-state index contributed by atoms with van der Waals surface area (Å²) in [5.74, 6) is 0.652. The number of amides is 1. The molecule has 1 aliphatic heterocycles. The van der Waals surface area contributed by atoms with Crippen molar-refractivity contribution in [3.63, 3.8) is 0 Å². The Morgan fingerprint density at radius 2 is 1.90 bits per heavy atom. The number of hydrogen-bond acceptors (Lipinski definition) is 6. The van der Waals surface area contributed by atoms with Crippen LogP contribution in [-0.2, 0) is 19.5 Å². The topological polar surface area (TPSA) is 105 Å². The van der Waals surface area contributed by atoms with E-state index >= 15 is 0 Å². The highest BCUT2D eigenvalue weighted by atomic mass is 32.2. The lowest BCUT2D eigenvalue weighted by atomic mass is 9.82. The number of piperidine rings is 1. The molecule has 2 fully saturated rings. The molecule has 0 unspecified atom stereocenters. The van der Waals surface area contributed by atoms with Gasteiger partial charge in [-0.1, -0.05) is 18.2 Å². The van der Waals surface area contributed by atoms with Gasteiger partial charge in [0.05, 0.1) is 32.1 Å². The van der Waals surface area contributed by atoms with Crippen molar-refractivity contribution in [3.05, 3.63) is 29.8 Å². The SMILES string of the molecule is COC(=O)N1CCC[C@H](NS(C)(=O)=O)[C@@H]1COC1CCC(c2ccccc2O)CC1. The summed E-state index contributed by atoms with van der Waals surface area (Å²) in [7, 11) is -2.08. The Morgan fingerprint density at radius 3 is 2.53 bits per heavy atom. The zero-order valence-electron chi connectivity index (χ0n) is 17.6. The van der Waals surface area contributed by atoms with E-state index in [0.717, 1.165) is 37.5 Å². The Bertz CT molecular complexity index is 823. The lowest BCUT2D eigenvalue weighted by Gasteiger charge is -2.41. The molecule has 30 heavy (non-hydrogen) atoms. The van der Waals surface area contributed by atoms with E-state index in [4.69, 9.17) is 9.47 Å². The van der Waals surface area contributed by atoms with Crippen molar-refractivity contribution in [2.24, 2.45) is 0 Å². The second kappa shape index (κ2) is 9.98. The van der Waals surface area contributed by atoms with Crippen LogP contribution in [0.3, 0.4) is 0 Å². The predicted octanol–water partition coefficient (Wildman–Crippen LogP) is 2.58. The molecule has 1 saturated heterocycles. The predicted molar refractivity (Wildman–Crippen MR) is 113 cm³/mol. The fourth-order valence-electron chi connectivity index (χ4n) is 4.63. The van der Waals surface area contributed by atoms with Crippen molar-refractivity contribution in [2.75, 3.05) is 26.5 Å². The van der Waals surface area contributed by atoms with Crippen LogP contribution in [0.5, 0.6) is 5.75 Å². The maximum absolute atomic E-state index is 12.2. The number of phenolic OH excluding ortho intramolecular Hbond substituents is 1. The molecule has 2 aliphatic rings. The van der Waals surface area contributed by atoms with Gasteiger partial charge >= 0.3 is 6.09 Å².